The molecule has 0 aromatic heterocycles. The molecule has 123 heavy (non-hydrogen) atoms. The van der Waals surface area contributed by atoms with Crippen LogP contribution in [0.2, 0.25) is 0 Å². The van der Waals surface area contributed by atoms with E-state index in [0.29, 0.717) is 36.4 Å². The zero-order valence-electron chi connectivity index (χ0n) is 60.2. The number of phenolic OH excluding ortho intramolecular Hbond substituents is 25. The van der Waals surface area contributed by atoms with Gasteiger partial charge in [-0.05, 0) is 48.5 Å². The summed E-state index contributed by atoms with van der Waals surface area (Å²) in [7, 11) is 0. The molecule has 1 fully saturated rings. The third-order valence-corrected chi connectivity index (χ3v) is 18.8. The summed E-state index contributed by atoms with van der Waals surface area (Å²) in [6.07, 6.45) is -28.0. The molecule has 5 aliphatic rings. The highest BCUT2D eigenvalue weighted by molar-refractivity contribution is 6.11. The Labute approximate surface area is 675 Å². The first-order chi connectivity index (χ1) is 57.9. The number of aliphatic hydroxyl groups excluding tert-OH is 1. The van der Waals surface area contributed by atoms with Crippen LogP contribution in [0, 0.1) is 0 Å². The molecule has 9 aromatic carbocycles. The summed E-state index contributed by atoms with van der Waals surface area (Å²) in [6, 6.07) is 2.83. The summed E-state index contributed by atoms with van der Waals surface area (Å²) in [4.78, 5) is 149. The number of benzene rings is 9. The van der Waals surface area contributed by atoms with Gasteiger partial charge in [-0.3, -0.25) is 4.79 Å². The van der Waals surface area contributed by atoms with Gasteiger partial charge in [0, 0.05) is 46.5 Å². The van der Waals surface area contributed by atoms with Crippen LogP contribution in [0.1, 0.15) is 93.2 Å². The molecular weight excluding hydrogens is 1670 g/mol. The monoisotopic (exact) mass is 1720 g/mol. The Hall–Kier alpha value is -17.6. The third-order valence-electron chi connectivity index (χ3n) is 18.8. The van der Waals surface area contributed by atoms with E-state index in [1.165, 1.54) is 0 Å². The maximum Gasteiger partial charge on any atom is 0.344 e. The molecule has 5 heterocycles. The number of carbonyl (C=O) groups is 10. The van der Waals surface area contributed by atoms with Gasteiger partial charge in [-0.2, -0.15) is 0 Å². The van der Waals surface area contributed by atoms with Gasteiger partial charge in [-0.15, -0.1) is 0 Å². The Morgan fingerprint density at radius 1 is 0.309 bits per heavy atom. The molecular formula is C75H52O48. The molecule has 0 amide bonds. The molecule has 9 atom stereocenters. The highest BCUT2D eigenvalue weighted by atomic mass is 16.8. The van der Waals surface area contributed by atoms with Crippen molar-refractivity contribution in [3.63, 3.8) is 0 Å². The number of rotatable bonds is 7. The molecule has 0 aliphatic carbocycles. The van der Waals surface area contributed by atoms with Gasteiger partial charge in [0.1, 0.15) is 36.5 Å². The van der Waals surface area contributed by atoms with Crippen LogP contribution < -0.4 is 9.47 Å². The van der Waals surface area contributed by atoms with Crippen molar-refractivity contribution in [2.75, 3.05) is 13.2 Å². The third kappa shape index (κ3) is 14.5. The zero-order valence-corrected chi connectivity index (χ0v) is 60.2. The maximum absolute atomic E-state index is 15.8. The average Bonchev–Trinajstić information content (AvgIpc) is 1.73. The first kappa shape index (κ1) is 83.3. The summed E-state index contributed by atoms with van der Waals surface area (Å²) in [6.45, 7) is -3.47. The Morgan fingerprint density at radius 3 is 1.01 bits per heavy atom. The smallest absolute Gasteiger partial charge is 0.344 e. The van der Waals surface area contributed by atoms with Crippen LogP contribution >= 0.6 is 0 Å². The Balaban J connectivity index is 1.10. The fourth-order valence-electron chi connectivity index (χ4n) is 12.8. The highest BCUT2D eigenvalue weighted by Gasteiger charge is 2.56. The minimum Gasteiger partial charge on any atom is -0.504 e. The molecule has 48 heteroatoms. The molecule has 5 aliphatic heterocycles. The first-order valence-electron chi connectivity index (χ1n) is 33.9. The van der Waals surface area contributed by atoms with Gasteiger partial charge in [0.15, 0.2) is 158 Å². The number of phenols is 25. The van der Waals surface area contributed by atoms with Gasteiger partial charge < -0.3 is 190 Å². The molecule has 9 unspecified atom stereocenters. The van der Waals surface area contributed by atoms with E-state index < -0.39 is 367 Å². The molecule has 0 saturated carbocycles. The van der Waals surface area contributed by atoms with Gasteiger partial charge in [-0.1, -0.05) is 0 Å². The highest BCUT2D eigenvalue weighted by Crippen LogP contribution is 2.59. The van der Waals surface area contributed by atoms with Crippen LogP contribution in [0.25, 0.3) is 22.3 Å². The lowest BCUT2D eigenvalue weighted by Crippen LogP contribution is -2.63. The van der Waals surface area contributed by atoms with Crippen molar-refractivity contribution in [2.24, 2.45) is 0 Å². The number of esters is 9. The van der Waals surface area contributed by atoms with E-state index in [1.54, 1.807) is 0 Å². The predicted molar refractivity (Wildman–Crippen MR) is 380 cm³/mol. The standard InChI is InChI=1S/C75H52O48/c76-13-38-62(119-66(103)16-1-25(77)44(88)26(78)2-16)61-35(87)14-112-70(107)21-11-36(51(95)55(99)42(21)41-20(71(108)118-61)8-32(84)48(92)54(41)98)114-60-24(10-34(86)50(94)58(60)102)74(111)123-75-65(122-68(105)18-5-29(81)46(90)30(82)6-18)64(121-67(104)17-3-27(79)45(89)28(80)4-17)63-39(117-75)15-113-69(106)19-7-31(83)47(91)53(97)40(19)43-22(72(109)120-63)12-37(52(96)56(43)100)115-59-23(73(110)116-38)9-33(85)49(93)57(59)101/h1-13,35,38-39,61-65,75,77-102H,14-15H2. The number of carbonyl (C=O) groups excluding carboxylic acids is 10. The van der Waals surface area contributed by atoms with E-state index >= 15 is 19.2 Å². The Kier molecular flexibility index (Phi) is 21.1. The molecule has 1 saturated heterocycles. The van der Waals surface area contributed by atoms with Crippen LogP contribution in [-0.2, 0) is 52.2 Å². The van der Waals surface area contributed by atoms with Crippen LogP contribution in [0.15, 0.2) is 72.8 Å². The fraction of sp³-hybridized carbons (Fsp3) is 0.147. The summed E-state index contributed by atoms with van der Waals surface area (Å²) in [5.74, 6) is -66.0. The second-order valence-electron chi connectivity index (χ2n) is 26.3. The van der Waals surface area contributed by atoms with Crippen LogP contribution in [0.5, 0.6) is 167 Å². The molecule has 640 valence electrons. The largest absolute Gasteiger partial charge is 0.504 e. The number of ether oxygens (including phenoxy) is 12. The van der Waals surface area contributed by atoms with Crippen molar-refractivity contribution in [3.8, 4) is 189 Å². The van der Waals surface area contributed by atoms with Gasteiger partial charge in [0.05, 0.1) is 38.9 Å². The normalized spacial score (nSPS) is 19.5. The minimum absolute atomic E-state index is 0.0548. The number of cyclic esters (lactones) is 1. The number of hydrogen-bond acceptors (Lipinski definition) is 48. The number of fused-ring (bicyclic) bond motifs is 9. The van der Waals surface area contributed by atoms with Gasteiger partial charge >= 0.3 is 53.7 Å². The first-order valence-corrected chi connectivity index (χ1v) is 33.9. The van der Waals surface area contributed by atoms with Crippen molar-refractivity contribution >= 4 is 60.0 Å². The van der Waals surface area contributed by atoms with Gasteiger partial charge in [-0.25, -0.2) is 43.2 Å². The van der Waals surface area contributed by atoms with Crippen molar-refractivity contribution in [1.82, 2.24) is 0 Å². The second kappa shape index (κ2) is 31.1. The minimum atomic E-state index is -3.17. The molecule has 14 rings (SSSR count). The average molecular weight is 1720 g/mol. The predicted octanol–water partition coefficient (Wildman–Crippen LogP) is 2.99. The summed E-state index contributed by atoms with van der Waals surface area (Å²) < 4.78 is 67.7. The number of aliphatic hydroxyl groups is 1. The summed E-state index contributed by atoms with van der Waals surface area (Å²) in [5.41, 5.74) is -18.4. The van der Waals surface area contributed by atoms with Gasteiger partial charge in [0.25, 0.3) is 0 Å². The van der Waals surface area contributed by atoms with E-state index in [9.17, 15) is 162 Å². The topological polar surface area (TPSA) is 807 Å². The molecule has 48 nitrogen and oxygen atoms in total. The molecule has 8 bridgehead atoms. The maximum atomic E-state index is 15.8. The summed E-state index contributed by atoms with van der Waals surface area (Å²) >= 11 is 0. The van der Waals surface area contributed by atoms with E-state index in [2.05, 4.69) is 0 Å². The number of aromatic hydroxyl groups is 25. The second-order valence-corrected chi connectivity index (χ2v) is 26.3. The van der Waals surface area contributed by atoms with E-state index in [1.807, 2.05) is 0 Å². The SMILES string of the molecule is O=CC1OC(=O)c2cc(O)c(O)c(O)c2Oc2cc3c(c(O)c2O)-c2c(cc(O)c(O)c2O)C(=O)OCC2OC(OC(=O)c4cc(O)c(O)c(O)c4Oc4cc5c(c(O)c4O)-c4c(cc(O)c(O)c4O)C(=O)OC(C(O)COC5=O)C1OC(=O)c1cc(O)c(O)c(O)c1)C(OC(=O)c1cc(O)c(O)c(O)c1)C(OC(=O)c1cc(O)c(O)c(O)c1)C2OC3=O. The molecule has 26 N–H and O–H groups in total. The summed E-state index contributed by atoms with van der Waals surface area (Å²) in [5, 5.41) is 291. The number of hydrogen-bond donors (Lipinski definition) is 26. The quantitative estimate of drug-likeness (QED) is 0.0472. The molecule has 9 aromatic rings. The van der Waals surface area contributed by atoms with Crippen molar-refractivity contribution in [1.29, 1.82) is 0 Å². The van der Waals surface area contributed by atoms with E-state index in [-0.39, 0.29) is 36.4 Å². The van der Waals surface area contributed by atoms with Gasteiger partial charge in [0.2, 0.25) is 58.4 Å². The zero-order chi connectivity index (χ0) is 89.7. The van der Waals surface area contributed by atoms with E-state index in [0.717, 1.165) is 0 Å². The fourth-order valence-corrected chi connectivity index (χ4v) is 12.8. The lowest BCUT2D eigenvalue weighted by molar-refractivity contribution is -0.282. The van der Waals surface area contributed by atoms with Crippen molar-refractivity contribution in [2.45, 2.75) is 55.1 Å². The number of aldehydes is 1. The lowest BCUT2D eigenvalue weighted by Gasteiger charge is -2.43. The Bertz CT molecular complexity index is 6050. The Morgan fingerprint density at radius 2 is 0.610 bits per heavy atom. The molecule has 0 spiro atoms. The lowest BCUT2D eigenvalue weighted by atomic mass is 9.91. The van der Waals surface area contributed by atoms with Crippen LogP contribution in [0.4, 0.5) is 0 Å². The molecule has 0 radical (unpaired) electrons. The van der Waals surface area contributed by atoms with Crippen molar-refractivity contribution in [3.05, 3.63) is 123 Å². The van der Waals surface area contributed by atoms with Crippen LogP contribution in [0.3, 0.4) is 0 Å². The van der Waals surface area contributed by atoms with Crippen LogP contribution in [-0.4, -0.2) is 261 Å². The van der Waals surface area contributed by atoms with Crippen molar-refractivity contribution < 1.29 is 238 Å². The van der Waals surface area contributed by atoms with E-state index in [4.69, 9.17) is 56.8 Å².